The molecule has 0 aromatic heterocycles. The first-order valence-electron chi connectivity index (χ1n) is 15.8. The monoisotopic (exact) mass is 740 g/mol. The van der Waals surface area contributed by atoms with Gasteiger partial charge in [0.25, 0.3) is 11.8 Å². The molecule has 14 heteroatoms. The molecule has 6 atom stereocenters. The van der Waals surface area contributed by atoms with E-state index in [0.717, 1.165) is 4.90 Å². The minimum Gasteiger partial charge on any atom is -0.507 e. The molecular formula is C37H23Cl2F5N2O5. The number of nitrogens with zero attached hydrogens (tertiary/aromatic N) is 2. The molecule has 2 saturated heterocycles. The predicted molar refractivity (Wildman–Crippen MR) is 174 cm³/mol. The van der Waals surface area contributed by atoms with Gasteiger partial charge in [-0.25, -0.2) is 26.9 Å². The van der Waals surface area contributed by atoms with Gasteiger partial charge < -0.3 is 5.11 Å². The number of hydrogen-bond acceptors (Lipinski definition) is 5. The van der Waals surface area contributed by atoms with E-state index in [-0.39, 0.29) is 29.0 Å². The molecule has 260 valence electrons. The largest absolute Gasteiger partial charge is 0.507 e. The van der Waals surface area contributed by atoms with Gasteiger partial charge >= 0.3 is 0 Å². The number of alkyl halides is 2. The van der Waals surface area contributed by atoms with Crippen molar-refractivity contribution in [1.82, 2.24) is 4.90 Å². The number of amides is 4. The molecule has 4 aromatic carbocycles. The van der Waals surface area contributed by atoms with Crippen LogP contribution in [0.5, 0.6) is 5.75 Å². The molecule has 0 bridgehead atoms. The third kappa shape index (κ3) is 4.29. The van der Waals surface area contributed by atoms with E-state index < -0.39 is 104 Å². The molecule has 4 aliphatic rings. The number of hydrogen-bond donors (Lipinski definition) is 1. The highest BCUT2D eigenvalue weighted by Gasteiger charge is 2.77. The third-order valence-corrected chi connectivity index (χ3v) is 12.2. The van der Waals surface area contributed by atoms with Gasteiger partial charge in [-0.3, -0.25) is 24.1 Å². The number of aromatic hydroxyl groups is 1. The van der Waals surface area contributed by atoms with Gasteiger partial charge in [0.15, 0.2) is 33.0 Å². The Bertz CT molecular complexity index is 2260. The molecule has 3 fully saturated rings. The van der Waals surface area contributed by atoms with Gasteiger partial charge in [0.05, 0.1) is 18.4 Å². The summed E-state index contributed by atoms with van der Waals surface area (Å²) in [5.74, 6) is -21.7. The number of anilines is 1. The summed E-state index contributed by atoms with van der Waals surface area (Å²) in [5, 5.41) is 12.6. The zero-order valence-corrected chi connectivity index (χ0v) is 27.5. The van der Waals surface area contributed by atoms with Gasteiger partial charge in [0.1, 0.15) is 11.4 Å². The Morgan fingerprint density at radius 1 is 0.745 bits per heavy atom. The maximum absolute atomic E-state index is 15.3. The third-order valence-electron chi connectivity index (χ3n) is 10.7. The number of likely N-dealkylation sites (tertiary alicyclic amines) is 1. The van der Waals surface area contributed by atoms with E-state index in [1.165, 1.54) is 6.07 Å². The van der Waals surface area contributed by atoms with Crippen LogP contribution in [0.25, 0.3) is 10.8 Å². The van der Waals surface area contributed by atoms with Crippen molar-refractivity contribution in [2.24, 2.45) is 17.8 Å². The standard InChI is InChI=1S/C37H23Cl2F5N2O5/c38-36-14-22-19(12-13-20-23(22)33(49)45(32(20)48)15-16-6-2-1-3-7-16)24(21-11-10-17-8-4-5-9-18(17)31(21)47)37(36,39)35(51)46(34(36)50)30-28(43)26(41)25(40)27(42)29(30)44/h1-12,20,22-24,47H,13-15H2. The number of imide groups is 2. The van der Waals surface area contributed by atoms with Gasteiger partial charge in [-0.05, 0) is 29.7 Å². The number of benzene rings is 4. The SMILES string of the molecule is O=C1C2CC=C3C(CC4(Cl)C(=O)N(c5c(F)c(F)c(F)c(F)c5F)C(=O)C4(Cl)C3c3ccc4ccccc4c3O)C2C(=O)N1Cc1ccccc1. The summed E-state index contributed by atoms with van der Waals surface area (Å²) in [6.45, 7) is -0.0562. The topological polar surface area (TPSA) is 95.0 Å². The Hall–Kier alpha value is -4.81. The molecule has 1 saturated carbocycles. The van der Waals surface area contributed by atoms with E-state index in [9.17, 15) is 37.5 Å². The van der Waals surface area contributed by atoms with Crippen LogP contribution in [0, 0.1) is 46.8 Å². The molecule has 51 heavy (non-hydrogen) atoms. The van der Waals surface area contributed by atoms with Crippen LogP contribution in [0.15, 0.2) is 78.4 Å². The van der Waals surface area contributed by atoms with Crippen molar-refractivity contribution in [3.8, 4) is 5.75 Å². The highest BCUT2D eigenvalue weighted by molar-refractivity contribution is 6.58. The molecular weight excluding hydrogens is 718 g/mol. The molecule has 4 aromatic rings. The average Bonchev–Trinajstić information content (AvgIpc) is 3.45. The summed E-state index contributed by atoms with van der Waals surface area (Å²) in [4.78, 5) is 52.2. The number of halogens is 7. The van der Waals surface area contributed by atoms with E-state index >= 15 is 8.78 Å². The molecule has 2 aliphatic carbocycles. The minimum absolute atomic E-state index is 0.0110. The number of rotatable bonds is 4. The van der Waals surface area contributed by atoms with Crippen LogP contribution in [0.1, 0.15) is 29.9 Å². The Labute approximate surface area is 295 Å². The Morgan fingerprint density at radius 2 is 1.37 bits per heavy atom. The zero-order valence-electron chi connectivity index (χ0n) is 26.0. The van der Waals surface area contributed by atoms with Crippen LogP contribution < -0.4 is 4.90 Å². The lowest BCUT2D eigenvalue weighted by atomic mass is 9.56. The van der Waals surface area contributed by atoms with Crippen LogP contribution in [0.2, 0.25) is 0 Å². The summed E-state index contributed by atoms with van der Waals surface area (Å²) in [7, 11) is 0. The summed E-state index contributed by atoms with van der Waals surface area (Å²) in [6.07, 6.45) is 0.940. The fraction of sp³-hybridized carbons (Fsp3) is 0.243. The number of phenols is 1. The van der Waals surface area contributed by atoms with Crippen molar-refractivity contribution in [2.75, 3.05) is 4.90 Å². The number of phenolic OH excluding ortho intramolecular Hbond substituents is 1. The molecule has 6 unspecified atom stereocenters. The quantitative estimate of drug-likeness (QED) is 0.0607. The summed E-state index contributed by atoms with van der Waals surface area (Å²) < 4.78 is 73.6. The van der Waals surface area contributed by atoms with Crippen LogP contribution in [0.3, 0.4) is 0 Å². The first kappa shape index (κ1) is 33.3. The zero-order chi connectivity index (χ0) is 36.3. The van der Waals surface area contributed by atoms with Crippen molar-refractivity contribution in [3.05, 3.63) is 119 Å². The van der Waals surface area contributed by atoms with E-state index in [0.29, 0.717) is 16.3 Å². The van der Waals surface area contributed by atoms with E-state index in [1.54, 1.807) is 66.7 Å². The second-order valence-electron chi connectivity index (χ2n) is 13.2. The average molecular weight is 741 g/mol. The van der Waals surface area contributed by atoms with Crippen molar-refractivity contribution >= 4 is 63.3 Å². The molecule has 1 N–H and O–H groups in total. The van der Waals surface area contributed by atoms with Crippen LogP contribution in [-0.4, -0.2) is 43.4 Å². The second kappa shape index (κ2) is 11.3. The lowest BCUT2D eigenvalue weighted by Gasteiger charge is -2.50. The molecule has 8 rings (SSSR count). The summed E-state index contributed by atoms with van der Waals surface area (Å²) in [6, 6.07) is 18.3. The normalized spacial score (nSPS) is 28.6. The van der Waals surface area contributed by atoms with Crippen molar-refractivity contribution < 1.29 is 46.2 Å². The molecule has 4 amide bonds. The fourth-order valence-corrected chi connectivity index (χ4v) is 9.33. The van der Waals surface area contributed by atoms with Crippen LogP contribution >= 0.6 is 23.2 Å². The molecule has 0 spiro atoms. The Kier molecular flexibility index (Phi) is 7.42. The number of allylic oxidation sites excluding steroid dienone is 2. The molecule has 2 heterocycles. The lowest BCUT2D eigenvalue weighted by molar-refractivity contribution is -0.141. The van der Waals surface area contributed by atoms with Crippen molar-refractivity contribution in [2.45, 2.75) is 35.1 Å². The van der Waals surface area contributed by atoms with E-state index in [1.807, 2.05) is 0 Å². The van der Waals surface area contributed by atoms with Crippen molar-refractivity contribution in [1.29, 1.82) is 0 Å². The number of carbonyl (C=O) groups excluding carboxylic acids is 4. The first-order valence-corrected chi connectivity index (χ1v) is 16.6. The highest BCUT2D eigenvalue weighted by Crippen LogP contribution is 2.67. The first-order chi connectivity index (χ1) is 24.2. The van der Waals surface area contributed by atoms with Gasteiger partial charge in [-0.2, -0.15) is 0 Å². The van der Waals surface area contributed by atoms with E-state index in [2.05, 4.69) is 0 Å². The maximum Gasteiger partial charge on any atom is 0.258 e. The molecule has 0 radical (unpaired) electrons. The maximum atomic E-state index is 15.3. The summed E-state index contributed by atoms with van der Waals surface area (Å²) >= 11 is 14.4. The Balaban J connectivity index is 1.33. The van der Waals surface area contributed by atoms with Gasteiger partial charge in [-0.15, -0.1) is 23.2 Å². The number of fused-ring (bicyclic) bond motifs is 5. The summed E-state index contributed by atoms with van der Waals surface area (Å²) in [5.41, 5.74) is -1.01. The predicted octanol–water partition coefficient (Wildman–Crippen LogP) is 7.00. The highest BCUT2D eigenvalue weighted by atomic mass is 35.5. The van der Waals surface area contributed by atoms with Gasteiger partial charge in [0, 0.05) is 16.9 Å². The lowest BCUT2D eigenvalue weighted by Crippen LogP contribution is -2.60. The van der Waals surface area contributed by atoms with Crippen LogP contribution in [0.4, 0.5) is 27.6 Å². The van der Waals surface area contributed by atoms with E-state index in [4.69, 9.17) is 23.2 Å². The molecule has 7 nitrogen and oxygen atoms in total. The Morgan fingerprint density at radius 3 is 2.06 bits per heavy atom. The van der Waals surface area contributed by atoms with Crippen LogP contribution in [-0.2, 0) is 25.7 Å². The smallest absolute Gasteiger partial charge is 0.258 e. The van der Waals surface area contributed by atoms with Crippen molar-refractivity contribution in [3.63, 3.8) is 0 Å². The number of carbonyl (C=O) groups is 4. The van der Waals surface area contributed by atoms with Gasteiger partial charge in [0.2, 0.25) is 17.6 Å². The van der Waals surface area contributed by atoms with Gasteiger partial charge in [-0.1, -0.05) is 78.4 Å². The molecule has 2 aliphatic heterocycles. The second-order valence-corrected chi connectivity index (χ2v) is 14.4. The fourth-order valence-electron chi connectivity index (χ4n) is 8.40. The minimum atomic E-state index is -2.74.